The standard InChI is InChI=1S/C48H91NO13/c1-3-5-7-9-11-13-15-17-18-20-22-24-26-28-30-32-40(53)49-36(37(52)31-29-27-25-23-21-19-16-14-12-10-8-6-4-2)35-59-47-45(58)43(56)46(39(34-51)61-47)62-48-44(57)42(55)41(54)38(33-50)60-48/h29,31,36-39,41-48,50-52,54-58H,3-28,30,32-35H2,1-2H3,(H,49,53)/b31-29+/t36-,37+,38+,39+,41-,42-,43+,44+,45?,46+,47+,48-/m0/s1. The Morgan fingerprint density at radius 3 is 1.48 bits per heavy atom. The van der Waals surface area contributed by atoms with Crippen LogP contribution < -0.4 is 5.32 Å². The first-order valence-electron chi connectivity index (χ1n) is 24.9. The van der Waals surface area contributed by atoms with Gasteiger partial charge in [0.05, 0.1) is 32.0 Å². The second kappa shape index (κ2) is 35.9. The van der Waals surface area contributed by atoms with Crippen molar-refractivity contribution in [1.29, 1.82) is 0 Å². The van der Waals surface area contributed by atoms with E-state index in [0.29, 0.717) is 6.42 Å². The number of nitrogens with one attached hydrogen (secondary N) is 1. The minimum Gasteiger partial charge on any atom is -0.394 e. The Morgan fingerprint density at radius 2 is 1.00 bits per heavy atom. The average molecular weight is 890 g/mol. The molecule has 1 unspecified atom stereocenters. The van der Waals surface area contributed by atoms with Crippen LogP contribution in [0.1, 0.15) is 194 Å². The minimum atomic E-state index is -1.78. The Bertz CT molecular complexity index is 1100. The van der Waals surface area contributed by atoms with E-state index in [0.717, 1.165) is 38.5 Å². The van der Waals surface area contributed by atoms with E-state index in [9.17, 15) is 45.6 Å². The van der Waals surface area contributed by atoms with Gasteiger partial charge in [0.15, 0.2) is 12.6 Å². The molecular weight excluding hydrogens is 799 g/mol. The number of amides is 1. The van der Waals surface area contributed by atoms with Crippen LogP contribution in [0.15, 0.2) is 12.2 Å². The van der Waals surface area contributed by atoms with Gasteiger partial charge in [-0.3, -0.25) is 4.79 Å². The zero-order valence-electron chi connectivity index (χ0n) is 38.6. The van der Waals surface area contributed by atoms with E-state index in [-0.39, 0.29) is 18.9 Å². The fourth-order valence-corrected chi connectivity index (χ4v) is 8.35. The van der Waals surface area contributed by atoms with E-state index in [1.807, 2.05) is 6.08 Å². The molecule has 0 aromatic carbocycles. The predicted molar refractivity (Wildman–Crippen MR) is 240 cm³/mol. The van der Waals surface area contributed by atoms with Crippen molar-refractivity contribution in [2.75, 3.05) is 19.8 Å². The molecule has 2 saturated heterocycles. The van der Waals surface area contributed by atoms with E-state index in [1.54, 1.807) is 6.08 Å². The predicted octanol–water partition coefficient (Wildman–Crippen LogP) is 5.99. The maximum atomic E-state index is 13.1. The number of aliphatic hydroxyl groups is 8. The molecule has 1 amide bonds. The van der Waals surface area contributed by atoms with E-state index >= 15 is 0 Å². The van der Waals surface area contributed by atoms with Crippen molar-refractivity contribution in [2.24, 2.45) is 0 Å². The molecule has 2 aliphatic heterocycles. The zero-order valence-corrected chi connectivity index (χ0v) is 38.6. The van der Waals surface area contributed by atoms with Gasteiger partial charge in [0.2, 0.25) is 5.91 Å². The fraction of sp³-hybridized carbons (Fsp3) is 0.938. The molecule has 2 fully saturated rings. The zero-order chi connectivity index (χ0) is 45.4. The Balaban J connectivity index is 1.86. The SMILES string of the molecule is CCCCCCCCCCCCC/C=C/[C@@H](O)[C@H](CO[C@@H]1O[C@H](CO)[C@@H](O[C@@H]2O[C@H](CO)[C@H](O)[C@H](O)[C@H]2O)[C@H](O)C1O)NC(=O)CCCCCCCCCCCCCCCCC. The van der Waals surface area contributed by atoms with Crippen LogP contribution in [0.4, 0.5) is 0 Å². The molecule has 62 heavy (non-hydrogen) atoms. The van der Waals surface area contributed by atoms with Gasteiger partial charge < -0.3 is 65.1 Å². The molecule has 2 aliphatic rings. The molecule has 14 heteroatoms. The lowest BCUT2D eigenvalue weighted by atomic mass is 9.97. The summed E-state index contributed by atoms with van der Waals surface area (Å²) in [5.74, 6) is -0.238. The highest BCUT2D eigenvalue weighted by Crippen LogP contribution is 2.30. The minimum absolute atomic E-state index is 0.238. The van der Waals surface area contributed by atoms with Crippen molar-refractivity contribution in [2.45, 2.75) is 267 Å². The maximum absolute atomic E-state index is 13.1. The molecule has 0 aromatic heterocycles. The third kappa shape index (κ3) is 23.3. The third-order valence-electron chi connectivity index (χ3n) is 12.5. The van der Waals surface area contributed by atoms with Crippen LogP contribution in [0.25, 0.3) is 0 Å². The highest BCUT2D eigenvalue weighted by atomic mass is 16.7. The van der Waals surface area contributed by atoms with Gasteiger partial charge in [0, 0.05) is 6.42 Å². The van der Waals surface area contributed by atoms with Gasteiger partial charge in [-0.1, -0.05) is 180 Å². The van der Waals surface area contributed by atoms with E-state index in [4.69, 9.17) is 18.9 Å². The van der Waals surface area contributed by atoms with Crippen LogP contribution in [0.5, 0.6) is 0 Å². The number of carbonyl (C=O) groups is 1. The third-order valence-corrected chi connectivity index (χ3v) is 12.5. The molecule has 2 rings (SSSR count). The van der Waals surface area contributed by atoms with Crippen molar-refractivity contribution in [1.82, 2.24) is 5.32 Å². The number of ether oxygens (including phenoxy) is 4. The van der Waals surface area contributed by atoms with Crippen LogP contribution in [0.3, 0.4) is 0 Å². The van der Waals surface area contributed by atoms with Crippen LogP contribution in [0, 0.1) is 0 Å². The van der Waals surface area contributed by atoms with Crippen molar-refractivity contribution in [3.8, 4) is 0 Å². The van der Waals surface area contributed by atoms with Crippen molar-refractivity contribution < 1.29 is 64.6 Å². The van der Waals surface area contributed by atoms with E-state index in [2.05, 4.69) is 19.2 Å². The number of unbranched alkanes of at least 4 members (excludes halogenated alkanes) is 25. The molecular formula is C48H91NO13. The summed E-state index contributed by atoms with van der Waals surface area (Å²) in [4.78, 5) is 13.1. The number of hydrogen-bond donors (Lipinski definition) is 9. The largest absolute Gasteiger partial charge is 0.394 e. The first kappa shape index (κ1) is 56.9. The van der Waals surface area contributed by atoms with Gasteiger partial charge in [0.1, 0.15) is 48.8 Å². The average Bonchev–Trinajstić information content (AvgIpc) is 3.27. The van der Waals surface area contributed by atoms with Gasteiger partial charge in [-0.05, 0) is 19.3 Å². The van der Waals surface area contributed by atoms with Crippen LogP contribution >= 0.6 is 0 Å². The Morgan fingerprint density at radius 1 is 0.565 bits per heavy atom. The van der Waals surface area contributed by atoms with Crippen molar-refractivity contribution in [3.05, 3.63) is 12.2 Å². The van der Waals surface area contributed by atoms with Gasteiger partial charge in [0.25, 0.3) is 0 Å². The number of hydrogen-bond acceptors (Lipinski definition) is 13. The molecule has 0 bridgehead atoms. The summed E-state index contributed by atoms with van der Waals surface area (Å²) in [5, 5.41) is 86.6. The normalized spacial score (nSPS) is 27.8. The van der Waals surface area contributed by atoms with Gasteiger partial charge in [-0.15, -0.1) is 0 Å². The number of rotatable bonds is 38. The highest BCUT2D eigenvalue weighted by Gasteiger charge is 2.51. The van der Waals surface area contributed by atoms with Crippen molar-refractivity contribution in [3.63, 3.8) is 0 Å². The summed E-state index contributed by atoms with van der Waals surface area (Å²) in [6, 6.07) is -0.906. The number of allylic oxidation sites excluding steroid dienone is 1. The quantitative estimate of drug-likeness (QED) is 0.0257. The van der Waals surface area contributed by atoms with Gasteiger partial charge in [-0.2, -0.15) is 0 Å². The summed E-state index contributed by atoms with van der Waals surface area (Å²) in [6.45, 7) is 2.78. The lowest BCUT2D eigenvalue weighted by Gasteiger charge is -2.46. The second-order valence-corrected chi connectivity index (χ2v) is 18.0. The Hall–Kier alpha value is -1.27. The molecule has 12 atom stereocenters. The summed E-state index contributed by atoms with van der Waals surface area (Å²) in [6.07, 6.45) is 19.6. The molecule has 14 nitrogen and oxygen atoms in total. The number of carbonyl (C=O) groups excluding carboxylic acids is 1. The van der Waals surface area contributed by atoms with E-state index in [1.165, 1.54) is 128 Å². The van der Waals surface area contributed by atoms with Crippen molar-refractivity contribution >= 4 is 5.91 Å². The molecule has 2 heterocycles. The van der Waals surface area contributed by atoms with Gasteiger partial charge >= 0.3 is 0 Å². The summed E-state index contributed by atoms with van der Waals surface area (Å²) in [7, 11) is 0. The lowest BCUT2D eigenvalue weighted by Crippen LogP contribution is -2.65. The Kier molecular flexibility index (Phi) is 32.9. The molecule has 0 spiro atoms. The molecule has 366 valence electrons. The topological polar surface area (TPSA) is 228 Å². The summed E-state index contributed by atoms with van der Waals surface area (Å²) >= 11 is 0. The first-order chi connectivity index (χ1) is 30.1. The smallest absolute Gasteiger partial charge is 0.220 e. The Labute approximate surface area is 374 Å². The first-order valence-corrected chi connectivity index (χ1v) is 24.9. The second-order valence-electron chi connectivity index (χ2n) is 18.0. The maximum Gasteiger partial charge on any atom is 0.220 e. The lowest BCUT2D eigenvalue weighted by molar-refractivity contribution is -0.359. The van der Waals surface area contributed by atoms with Crippen LogP contribution in [0.2, 0.25) is 0 Å². The highest BCUT2D eigenvalue weighted by molar-refractivity contribution is 5.76. The molecule has 0 aromatic rings. The monoisotopic (exact) mass is 890 g/mol. The fourth-order valence-electron chi connectivity index (χ4n) is 8.35. The van der Waals surface area contributed by atoms with E-state index < -0.39 is 86.8 Å². The molecule has 0 aliphatic carbocycles. The van der Waals surface area contributed by atoms with Crippen LogP contribution in [-0.2, 0) is 23.7 Å². The van der Waals surface area contributed by atoms with Gasteiger partial charge in [-0.25, -0.2) is 0 Å². The van der Waals surface area contributed by atoms with Crippen LogP contribution in [-0.4, -0.2) is 140 Å². The summed E-state index contributed by atoms with van der Waals surface area (Å²) in [5.41, 5.74) is 0. The molecule has 0 radical (unpaired) electrons. The summed E-state index contributed by atoms with van der Waals surface area (Å²) < 4.78 is 22.7. The molecule has 0 saturated carbocycles. The molecule has 9 N–H and O–H groups in total. The number of aliphatic hydroxyl groups excluding tert-OH is 8.